The molecule has 2 heterocycles. The van der Waals surface area contributed by atoms with Gasteiger partial charge in [0.15, 0.2) is 0 Å². The van der Waals surface area contributed by atoms with Crippen molar-refractivity contribution in [2.24, 2.45) is 0 Å². The first kappa shape index (κ1) is 17.8. The molecular formula is C15H15ClFN3O4S. The minimum atomic E-state index is -3.55. The SMILES string of the molecule is CS(=O)(=O)c1nnc(C2CCN(C(=O)c3c(F)cccc3Cl)CC2)o1. The van der Waals surface area contributed by atoms with Crippen LogP contribution < -0.4 is 0 Å². The fourth-order valence-corrected chi connectivity index (χ4v) is 3.39. The van der Waals surface area contributed by atoms with Crippen LogP contribution in [0.5, 0.6) is 0 Å². The molecular weight excluding hydrogens is 373 g/mol. The van der Waals surface area contributed by atoms with Gasteiger partial charge in [0.25, 0.3) is 5.91 Å². The summed E-state index contributed by atoms with van der Waals surface area (Å²) in [7, 11) is -3.55. The second-order valence-corrected chi connectivity index (χ2v) is 8.14. The largest absolute Gasteiger partial charge is 0.412 e. The Morgan fingerprint density at radius 2 is 2.00 bits per heavy atom. The third-order valence-corrected chi connectivity index (χ3v) is 5.16. The molecule has 3 rings (SSSR count). The van der Waals surface area contributed by atoms with Crippen molar-refractivity contribution in [2.75, 3.05) is 19.3 Å². The summed E-state index contributed by atoms with van der Waals surface area (Å²) in [6, 6.07) is 4.10. The number of carbonyl (C=O) groups is 1. The number of likely N-dealkylation sites (tertiary alicyclic amines) is 1. The molecule has 1 aliphatic rings. The van der Waals surface area contributed by atoms with Crippen LogP contribution in [0.4, 0.5) is 4.39 Å². The van der Waals surface area contributed by atoms with Gasteiger partial charge in [-0.25, -0.2) is 12.8 Å². The zero-order valence-electron chi connectivity index (χ0n) is 13.3. The highest BCUT2D eigenvalue weighted by atomic mass is 35.5. The third-order valence-electron chi connectivity index (χ3n) is 4.05. The third kappa shape index (κ3) is 3.67. The smallest absolute Gasteiger partial charge is 0.335 e. The maximum atomic E-state index is 13.9. The van der Waals surface area contributed by atoms with Crippen LogP contribution in [0.3, 0.4) is 0 Å². The second kappa shape index (κ2) is 6.72. The lowest BCUT2D eigenvalue weighted by Crippen LogP contribution is -2.38. The number of carbonyl (C=O) groups excluding carboxylic acids is 1. The fraction of sp³-hybridized carbons (Fsp3) is 0.400. The van der Waals surface area contributed by atoms with E-state index in [0.717, 1.165) is 6.26 Å². The fourth-order valence-electron chi connectivity index (χ4n) is 2.72. The van der Waals surface area contributed by atoms with Gasteiger partial charge >= 0.3 is 5.22 Å². The Balaban J connectivity index is 1.70. The summed E-state index contributed by atoms with van der Waals surface area (Å²) in [4.78, 5) is 14.0. The van der Waals surface area contributed by atoms with Crippen molar-refractivity contribution in [2.45, 2.75) is 24.0 Å². The molecule has 10 heteroatoms. The van der Waals surface area contributed by atoms with E-state index < -0.39 is 26.8 Å². The number of rotatable bonds is 3. The van der Waals surface area contributed by atoms with Crippen molar-refractivity contribution in [3.8, 4) is 0 Å². The number of hydrogen-bond donors (Lipinski definition) is 0. The van der Waals surface area contributed by atoms with Crippen LogP contribution in [0, 0.1) is 5.82 Å². The highest BCUT2D eigenvalue weighted by Gasteiger charge is 2.30. The lowest BCUT2D eigenvalue weighted by atomic mass is 9.96. The molecule has 1 aliphatic heterocycles. The van der Waals surface area contributed by atoms with E-state index in [9.17, 15) is 17.6 Å². The monoisotopic (exact) mass is 387 g/mol. The molecule has 1 saturated heterocycles. The number of amides is 1. The number of piperidine rings is 1. The molecule has 0 aliphatic carbocycles. The Hall–Kier alpha value is -2.00. The van der Waals surface area contributed by atoms with Gasteiger partial charge in [0.2, 0.25) is 15.7 Å². The Bertz CT molecular complexity index is 887. The Labute approximate surface area is 148 Å². The maximum Gasteiger partial charge on any atom is 0.335 e. The van der Waals surface area contributed by atoms with Crippen molar-refractivity contribution in [1.29, 1.82) is 0 Å². The van der Waals surface area contributed by atoms with Crippen molar-refractivity contribution in [1.82, 2.24) is 15.1 Å². The van der Waals surface area contributed by atoms with Gasteiger partial charge < -0.3 is 9.32 Å². The summed E-state index contributed by atoms with van der Waals surface area (Å²) in [6.07, 6.45) is 2.00. The first-order valence-electron chi connectivity index (χ1n) is 7.54. The highest BCUT2D eigenvalue weighted by Crippen LogP contribution is 2.29. The van der Waals surface area contributed by atoms with Crippen LogP contribution >= 0.6 is 11.6 Å². The van der Waals surface area contributed by atoms with Gasteiger partial charge in [-0.1, -0.05) is 22.8 Å². The molecule has 0 saturated carbocycles. The van der Waals surface area contributed by atoms with E-state index in [4.69, 9.17) is 16.0 Å². The van der Waals surface area contributed by atoms with Gasteiger partial charge in [0.1, 0.15) is 5.82 Å². The quantitative estimate of drug-likeness (QED) is 0.802. The van der Waals surface area contributed by atoms with Gasteiger partial charge in [-0.2, -0.15) is 0 Å². The molecule has 0 atom stereocenters. The Morgan fingerprint density at radius 1 is 1.32 bits per heavy atom. The number of benzene rings is 1. The molecule has 2 aromatic rings. The molecule has 0 unspecified atom stereocenters. The second-order valence-electron chi connectivity index (χ2n) is 5.84. The van der Waals surface area contributed by atoms with Crippen LogP contribution in [0.25, 0.3) is 0 Å². The molecule has 0 spiro atoms. The first-order chi connectivity index (χ1) is 11.8. The molecule has 1 aromatic carbocycles. The standard InChI is InChI=1S/C15H15ClFN3O4S/c1-25(22,23)15-19-18-13(24-15)9-5-7-20(8-6-9)14(21)12-10(16)3-2-4-11(12)17/h2-4,9H,5-8H2,1H3. The summed E-state index contributed by atoms with van der Waals surface area (Å²) in [5.41, 5.74) is -0.139. The number of nitrogens with zero attached hydrogens (tertiary/aromatic N) is 3. The number of sulfone groups is 1. The zero-order chi connectivity index (χ0) is 18.2. The van der Waals surface area contributed by atoms with E-state index in [0.29, 0.717) is 25.9 Å². The summed E-state index contributed by atoms with van der Waals surface area (Å²) < 4.78 is 41.9. The zero-order valence-corrected chi connectivity index (χ0v) is 14.8. The first-order valence-corrected chi connectivity index (χ1v) is 9.81. The van der Waals surface area contributed by atoms with E-state index >= 15 is 0 Å². The van der Waals surface area contributed by atoms with Crippen LogP contribution in [0.15, 0.2) is 27.8 Å². The van der Waals surface area contributed by atoms with Gasteiger partial charge in [-0.3, -0.25) is 4.79 Å². The molecule has 1 fully saturated rings. The lowest BCUT2D eigenvalue weighted by Gasteiger charge is -2.30. The highest BCUT2D eigenvalue weighted by molar-refractivity contribution is 7.90. The topological polar surface area (TPSA) is 93.4 Å². The van der Waals surface area contributed by atoms with Crippen LogP contribution in [0.2, 0.25) is 5.02 Å². The molecule has 0 radical (unpaired) electrons. The average molecular weight is 388 g/mol. The van der Waals surface area contributed by atoms with Gasteiger partial charge in [0.05, 0.1) is 10.6 Å². The van der Waals surface area contributed by atoms with Crippen LogP contribution in [-0.2, 0) is 9.84 Å². The van der Waals surface area contributed by atoms with Gasteiger partial charge in [0, 0.05) is 25.3 Å². The van der Waals surface area contributed by atoms with Crippen molar-refractivity contribution >= 4 is 27.3 Å². The lowest BCUT2D eigenvalue weighted by molar-refractivity contribution is 0.0701. The molecule has 134 valence electrons. The molecule has 0 N–H and O–H groups in total. The van der Waals surface area contributed by atoms with Gasteiger partial charge in [-0.15, -0.1) is 5.10 Å². The summed E-state index contributed by atoms with van der Waals surface area (Å²) >= 11 is 5.94. The van der Waals surface area contributed by atoms with Crippen molar-refractivity contribution < 1.29 is 22.0 Å². The molecule has 1 amide bonds. The van der Waals surface area contributed by atoms with E-state index in [1.165, 1.54) is 23.1 Å². The summed E-state index contributed by atoms with van der Waals surface area (Å²) in [5.74, 6) is -1.04. The minimum Gasteiger partial charge on any atom is -0.412 e. The Morgan fingerprint density at radius 3 is 2.56 bits per heavy atom. The van der Waals surface area contributed by atoms with Crippen LogP contribution in [0.1, 0.15) is 35.0 Å². The summed E-state index contributed by atoms with van der Waals surface area (Å²) in [5, 5.41) is 6.97. The Kier molecular flexibility index (Phi) is 4.79. The van der Waals surface area contributed by atoms with Crippen LogP contribution in [-0.4, -0.2) is 48.8 Å². The average Bonchev–Trinajstić information content (AvgIpc) is 3.05. The molecule has 0 bridgehead atoms. The molecule has 1 aromatic heterocycles. The van der Waals surface area contributed by atoms with E-state index in [-0.39, 0.29) is 22.4 Å². The normalized spacial score (nSPS) is 16.2. The minimum absolute atomic E-state index is 0.0711. The summed E-state index contributed by atoms with van der Waals surface area (Å²) in [6.45, 7) is 0.704. The number of halogens is 2. The maximum absolute atomic E-state index is 13.9. The predicted octanol–water partition coefficient (Wildman–Crippen LogP) is 2.29. The number of hydrogen-bond acceptors (Lipinski definition) is 6. The molecule has 25 heavy (non-hydrogen) atoms. The number of aromatic nitrogens is 2. The van der Waals surface area contributed by atoms with Gasteiger partial charge in [-0.05, 0) is 25.0 Å². The van der Waals surface area contributed by atoms with E-state index in [1.807, 2.05) is 0 Å². The predicted molar refractivity (Wildman–Crippen MR) is 86.7 cm³/mol. The van der Waals surface area contributed by atoms with E-state index in [2.05, 4.69) is 10.2 Å². The molecule has 7 nitrogen and oxygen atoms in total. The van der Waals surface area contributed by atoms with Crippen molar-refractivity contribution in [3.63, 3.8) is 0 Å². The van der Waals surface area contributed by atoms with Crippen molar-refractivity contribution in [3.05, 3.63) is 40.5 Å². The van der Waals surface area contributed by atoms with E-state index in [1.54, 1.807) is 0 Å².